The second kappa shape index (κ2) is 10.6. The molecule has 0 N–H and O–H groups in total. The molecule has 0 amide bonds. The predicted molar refractivity (Wildman–Crippen MR) is 181 cm³/mol. The van der Waals surface area contributed by atoms with E-state index in [2.05, 4.69) is 46.2 Å². The van der Waals surface area contributed by atoms with Gasteiger partial charge in [-0.1, -0.05) is 61.4 Å². The molecular formula is C37H32N4O3S. The van der Waals surface area contributed by atoms with Crippen LogP contribution in [0, 0.1) is 6.92 Å². The van der Waals surface area contributed by atoms with Gasteiger partial charge in [-0.3, -0.25) is 8.97 Å². The first-order chi connectivity index (χ1) is 22.0. The summed E-state index contributed by atoms with van der Waals surface area (Å²) in [6.45, 7) is 5.26. The summed E-state index contributed by atoms with van der Waals surface area (Å²) in [4.78, 5) is 5.29. The molecule has 0 bridgehead atoms. The van der Waals surface area contributed by atoms with Crippen molar-refractivity contribution in [2.75, 3.05) is 6.61 Å². The number of ether oxygens (including phenoxy) is 1. The zero-order valence-electron chi connectivity index (χ0n) is 25.1. The largest absolute Gasteiger partial charge is 0.377 e. The van der Waals surface area contributed by atoms with Crippen molar-refractivity contribution in [3.63, 3.8) is 0 Å². The minimum atomic E-state index is -3.89. The summed E-state index contributed by atoms with van der Waals surface area (Å²) >= 11 is 0. The molecule has 8 heteroatoms. The molecule has 224 valence electrons. The van der Waals surface area contributed by atoms with E-state index in [9.17, 15) is 8.42 Å². The van der Waals surface area contributed by atoms with Gasteiger partial charge in [0.2, 0.25) is 5.78 Å². The molecule has 0 atom stereocenters. The zero-order chi connectivity index (χ0) is 30.7. The maximum absolute atomic E-state index is 14.2. The highest BCUT2D eigenvalue weighted by atomic mass is 32.2. The highest BCUT2D eigenvalue weighted by molar-refractivity contribution is 7.90. The Labute approximate surface area is 261 Å². The van der Waals surface area contributed by atoms with Crippen LogP contribution >= 0.6 is 0 Å². The smallest absolute Gasteiger partial charge is 0.268 e. The number of aromatic nitrogens is 4. The number of para-hydroxylation sites is 4. The molecule has 45 heavy (non-hydrogen) atoms. The van der Waals surface area contributed by atoms with E-state index in [1.54, 1.807) is 12.1 Å². The van der Waals surface area contributed by atoms with Gasteiger partial charge in [-0.05, 0) is 85.6 Å². The molecule has 0 aliphatic rings. The Morgan fingerprint density at radius 1 is 0.733 bits per heavy atom. The summed E-state index contributed by atoms with van der Waals surface area (Å²) in [6, 6.07) is 35.4. The number of unbranched alkanes of at least 4 members (excludes halogenated alkanes) is 1. The fourth-order valence-electron chi connectivity index (χ4n) is 6.37. The van der Waals surface area contributed by atoms with Crippen molar-refractivity contribution in [2.45, 2.75) is 38.2 Å². The van der Waals surface area contributed by atoms with Gasteiger partial charge < -0.3 is 4.74 Å². The quantitative estimate of drug-likeness (QED) is 0.162. The number of hydrogen-bond donors (Lipinski definition) is 0. The molecule has 8 aromatic rings. The monoisotopic (exact) mass is 612 g/mol. The second-order valence-electron chi connectivity index (χ2n) is 11.6. The lowest BCUT2D eigenvalue weighted by Crippen LogP contribution is -2.12. The molecule has 0 unspecified atom stereocenters. The lowest BCUT2D eigenvalue weighted by molar-refractivity contribution is 0.118. The van der Waals surface area contributed by atoms with E-state index >= 15 is 0 Å². The van der Waals surface area contributed by atoms with Crippen molar-refractivity contribution in [2.24, 2.45) is 0 Å². The molecule has 0 saturated heterocycles. The van der Waals surface area contributed by atoms with E-state index in [-0.39, 0.29) is 4.90 Å². The van der Waals surface area contributed by atoms with Gasteiger partial charge in [-0.25, -0.2) is 17.4 Å². The summed E-state index contributed by atoms with van der Waals surface area (Å²) in [7, 11) is -3.89. The minimum Gasteiger partial charge on any atom is -0.377 e. The van der Waals surface area contributed by atoms with Crippen molar-refractivity contribution in [1.82, 2.24) is 17.9 Å². The third-order valence-electron chi connectivity index (χ3n) is 8.60. The molecule has 0 fully saturated rings. The van der Waals surface area contributed by atoms with Crippen molar-refractivity contribution >= 4 is 59.7 Å². The van der Waals surface area contributed by atoms with E-state index < -0.39 is 10.0 Å². The third-order valence-corrected chi connectivity index (χ3v) is 10.3. The van der Waals surface area contributed by atoms with Gasteiger partial charge in [0, 0.05) is 23.1 Å². The summed E-state index contributed by atoms with van der Waals surface area (Å²) in [5.74, 6) is 0.803. The van der Waals surface area contributed by atoms with Crippen LogP contribution in [0.15, 0.2) is 114 Å². The molecule has 0 spiro atoms. The number of aryl methyl sites for hydroxylation is 1. The normalized spacial score (nSPS) is 12.4. The fourth-order valence-corrected chi connectivity index (χ4v) is 7.90. The minimum absolute atomic E-state index is 0.255. The van der Waals surface area contributed by atoms with Crippen molar-refractivity contribution < 1.29 is 13.2 Å². The molecule has 0 saturated carbocycles. The van der Waals surface area contributed by atoms with Crippen molar-refractivity contribution in [3.05, 3.63) is 120 Å². The molecule has 3 aromatic heterocycles. The van der Waals surface area contributed by atoms with Crippen LogP contribution in [0.4, 0.5) is 0 Å². The van der Waals surface area contributed by atoms with Crippen LogP contribution in [-0.4, -0.2) is 32.9 Å². The number of rotatable bonds is 8. The summed E-state index contributed by atoms with van der Waals surface area (Å²) in [5, 5.41) is 1.71. The van der Waals surface area contributed by atoms with Crippen LogP contribution in [-0.2, 0) is 21.4 Å². The lowest BCUT2D eigenvalue weighted by atomic mass is 10.1. The van der Waals surface area contributed by atoms with Crippen molar-refractivity contribution in [3.8, 4) is 5.69 Å². The molecular weight excluding hydrogens is 580 g/mol. The van der Waals surface area contributed by atoms with Crippen LogP contribution < -0.4 is 0 Å². The van der Waals surface area contributed by atoms with Crippen LogP contribution in [0.3, 0.4) is 0 Å². The fraction of sp³-hybridized carbons (Fsp3) is 0.162. The van der Waals surface area contributed by atoms with E-state index in [0.717, 1.165) is 68.3 Å². The van der Waals surface area contributed by atoms with Gasteiger partial charge in [0.25, 0.3) is 10.0 Å². The van der Waals surface area contributed by atoms with Crippen LogP contribution in [0.5, 0.6) is 0 Å². The zero-order valence-corrected chi connectivity index (χ0v) is 26.0. The lowest BCUT2D eigenvalue weighted by Gasteiger charge is -2.11. The van der Waals surface area contributed by atoms with Gasteiger partial charge in [-0.2, -0.15) is 0 Å². The Kier molecular flexibility index (Phi) is 6.51. The average Bonchev–Trinajstić information content (AvgIpc) is 3.70. The third kappa shape index (κ3) is 4.35. The van der Waals surface area contributed by atoms with Gasteiger partial charge in [0.05, 0.1) is 44.6 Å². The first-order valence-electron chi connectivity index (χ1n) is 15.3. The van der Waals surface area contributed by atoms with Crippen LogP contribution in [0.25, 0.3) is 55.3 Å². The highest BCUT2D eigenvalue weighted by Gasteiger charge is 2.25. The Morgan fingerprint density at radius 3 is 2.20 bits per heavy atom. The van der Waals surface area contributed by atoms with Crippen LogP contribution in [0.2, 0.25) is 0 Å². The SMILES string of the molecule is CCCCOCc1ccc2c(c1)c1cc(-n3c4ccccc4n4c5ccccc5nc34)ccc1n2S(=O)(=O)c1ccc(C)cc1. The second-order valence-corrected chi connectivity index (χ2v) is 13.4. The molecule has 5 aromatic carbocycles. The summed E-state index contributed by atoms with van der Waals surface area (Å²) in [6.07, 6.45) is 2.07. The van der Waals surface area contributed by atoms with E-state index in [1.165, 1.54) is 3.97 Å². The predicted octanol–water partition coefficient (Wildman–Crippen LogP) is 8.40. The first-order valence-corrected chi connectivity index (χ1v) is 16.7. The standard InChI is InChI=1S/C37H32N4O3S/c1-3-4-21-44-24-26-15-19-32-29(22-26)30-23-27(16-20-33(30)41(32)45(42,43)28-17-13-25(2)14-18-28)39-35-11-7-8-12-36(35)40-34-10-6-5-9-31(34)38-37(39)40/h5-20,22-23H,3-4,21,24H2,1-2H3. The van der Waals surface area contributed by atoms with E-state index in [0.29, 0.717) is 24.2 Å². The molecule has 0 aliphatic heterocycles. The molecule has 0 aliphatic carbocycles. The summed E-state index contributed by atoms with van der Waals surface area (Å²) < 4.78 is 40.3. The Hall–Kier alpha value is -4.92. The molecule has 8 rings (SSSR count). The van der Waals surface area contributed by atoms with Gasteiger partial charge >= 0.3 is 0 Å². The summed E-state index contributed by atoms with van der Waals surface area (Å²) in [5.41, 5.74) is 8.20. The number of benzene rings is 5. The Morgan fingerprint density at radius 2 is 1.42 bits per heavy atom. The average molecular weight is 613 g/mol. The first kappa shape index (κ1) is 27.6. The van der Waals surface area contributed by atoms with Crippen LogP contribution in [0.1, 0.15) is 30.9 Å². The number of hydrogen-bond acceptors (Lipinski definition) is 4. The topological polar surface area (TPSA) is 70.5 Å². The Balaban J connectivity index is 1.39. The number of nitrogens with zero attached hydrogens (tertiary/aromatic N) is 4. The Bertz CT molecular complexity index is 2500. The number of fused-ring (bicyclic) bond motifs is 8. The van der Waals surface area contributed by atoms with Gasteiger partial charge in [0.1, 0.15) is 0 Å². The maximum atomic E-state index is 14.2. The molecule has 7 nitrogen and oxygen atoms in total. The maximum Gasteiger partial charge on any atom is 0.268 e. The van der Waals surface area contributed by atoms with Crippen molar-refractivity contribution in [1.29, 1.82) is 0 Å². The molecule has 0 radical (unpaired) electrons. The van der Waals surface area contributed by atoms with E-state index in [4.69, 9.17) is 9.72 Å². The van der Waals surface area contributed by atoms with Gasteiger partial charge in [0.15, 0.2) is 0 Å². The highest BCUT2D eigenvalue weighted by Crippen LogP contribution is 2.36. The van der Waals surface area contributed by atoms with E-state index in [1.807, 2.05) is 73.7 Å². The molecule has 3 heterocycles. The number of imidazole rings is 2. The van der Waals surface area contributed by atoms with Gasteiger partial charge in [-0.15, -0.1) is 0 Å².